The largest absolute Gasteiger partial charge is 0.453 e. The first-order valence-electron chi connectivity index (χ1n) is 10.9. The third kappa shape index (κ3) is 2.36. The molecule has 3 aliphatic carbocycles. The molecule has 4 nitrogen and oxygen atoms in total. The van der Waals surface area contributed by atoms with Gasteiger partial charge in [-0.1, -0.05) is 26.0 Å². The molecule has 1 aromatic rings. The molecule has 5 rings (SSSR count). The van der Waals surface area contributed by atoms with Crippen LogP contribution in [0.15, 0.2) is 30.6 Å². The SMILES string of the molecule is COC(=O)N1CC[C@@]2(C)C1CC[C@@H]1[C@@H]2CC[C@]2(C)C(c3cccnc3)=CC[C@@H]12. The number of rotatable bonds is 1. The van der Waals surface area contributed by atoms with Crippen molar-refractivity contribution < 1.29 is 9.53 Å². The number of allylic oxidation sites excluding steroid dienone is 2. The lowest BCUT2D eigenvalue weighted by molar-refractivity contribution is -0.0608. The zero-order valence-electron chi connectivity index (χ0n) is 17.4. The summed E-state index contributed by atoms with van der Waals surface area (Å²) in [6.07, 6.45) is 13.5. The van der Waals surface area contributed by atoms with E-state index in [0.29, 0.717) is 6.04 Å². The summed E-state index contributed by atoms with van der Waals surface area (Å²) in [5.41, 5.74) is 3.35. The number of nitrogens with zero attached hydrogens (tertiary/aromatic N) is 2. The van der Waals surface area contributed by atoms with Crippen LogP contribution >= 0.6 is 0 Å². The second-order valence-electron chi connectivity index (χ2n) is 9.94. The predicted octanol–water partition coefficient (Wildman–Crippen LogP) is 5.16. The van der Waals surface area contributed by atoms with Crippen LogP contribution in [0.2, 0.25) is 0 Å². The lowest BCUT2D eigenvalue weighted by Crippen LogP contribution is -2.54. The van der Waals surface area contributed by atoms with Gasteiger partial charge < -0.3 is 9.64 Å². The van der Waals surface area contributed by atoms with Gasteiger partial charge in [0.15, 0.2) is 0 Å². The van der Waals surface area contributed by atoms with Crippen molar-refractivity contribution in [2.24, 2.45) is 28.6 Å². The van der Waals surface area contributed by atoms with Gasteiger partial charge in [0, 0.05) is 25.0 Å². The number of carbonyl (C=O) groups excluding carboxylic acids is 1. The number of aromatic nitrogens is 1. The van der Waals surface area contributed by atoms with Crippen LogP contribution in [0, 0.1) is 28.6 Å². The van der Waals surface area contributed by atoms with Gasteiger partial charge in [-0.2, -0.15) is 0 Å². The van der Waals surface area contributed by atoms with Crippen molar-refractivity contribution in [3.63, 3.8) is 0 Å². The fraction of sp³-hybridized carbons (Fsp3) is 0.667. The van der Waals surface area contributed by atoms with Gasteiger partial charge in [0.25, 0.3) is 0 Å². The first-order chi connectivity index (χ1) is 13.5. The quantitative estimate of drug-likeness (QED) is 0.676. The van der Waals surface area contributed by atoms with Gasteiger partial charge >= 0.3 is 6.09 Å². The lowest BCUT2D eigenvalue weighted by atomic mass is 9.48. The maximum Gasteiger partial charge on any atom is 0.409 e. The van der Waals surface area contributed by atoms with E-state index in [1.54, 1.807) is 0 Å². The Bertz CT molecular complexity index is 806. The summed E-state index contributed by atoms with van der Waals surface area (Å²) in [5.74, 6) is 2.22. The highest BCUT2D eigenvalue weighted by atomic mass is 16.5. The molecule has 0 aromatic carbocycles. The number of hydrogen-bond donors (Lipinski definition) is 0. The highest BCUT2D eigenvalue weighted by Gasteiger charge is 2.61. The first kappa shape index (κ1) is 18.2. The summed E-state index contributed by atoms with van der Waals surface area (Å²) < 4.78 is 5.09. The molecule has 1 aromatic heterocycles. The minimum atomic E-state index is -0.130. The summed E-state index contributed by atoms with van der Waals surface area (Å²) >= 11 is 0. The van der Waals surface area contributed by atoms with Gasteiger partial charge in [-0.3, -0.25) is 4.98 Å². The molecule has 4 heteroatoms. The zero-order chi connectivity index (χ0) is 19.5. The average Bonchev–Trinajstić information content (AvgIpc) is 3.25. The number of amides is 1. The van der Waals surface area contributed by atoms with Gasteiger partial charge in [0.2, 0.25) is 0 Å². The van der Waals surface area contributed by atoms with Crippen LogP contribution in [0.5, 0.6) is 0 Å². The molecule has 3 fully saturated rings. The van der Waals surface area contributed by atoms with E-state index >= 15 is 0 Å². The van der Waals surface area contributed by atoms with Crippen LogP contribution < -0.4 is 0 Å². The third-order valence-corrected chi connectivity index (χ3v) is 9.05. The monoisotopic (exact) mass is 380 g/mol. The minimum Gasteiger partial charge on any atom is -0.453 e. The minimum absolute atomic E-state index is 0.130. The fourth-order valence-electron chi connectivity index (χ4n) is 7.69. The van der Waals surface area contributed by atoms with Crippen molar-refractivity contribution in [3.8, 4) is 0 Å². The van der Waals surface area contributed by atoms with Crippen molar-refractivity contribution >= 4 is 11.7 Å². The molecule has 0 radical (unpaired) electrons. The second kappa shape index (κ2) is 6.33. The van der Waals surface area contributed by atoms with Gasteiger partial charge in [0.1, 0.15) is 0 Å². The Morgan fingerprint density at radius 2 is 2.07 bits per heavy atom. The van der Waals surface area contributed by atoms with E-state index in [1.165, 1.54) is 43.9 Å². The predicted molar refractivity (Wildman–Crippen MR) is 109 cm³/mol. The lowest BCUT2D eigenvalue weighted by Gasteiger charge is -2.57. The molecule has 0 spiro atoms. The van der Waals surface area contributed by atoms with E-state index in [0.717, 1.165) is 37.1 Å². The maximum absolute atomic E-state index is 12.3. The number of hydrogen-bond acceptors (Lipinski definition) is 3. The first-order valence-corrected chi connectivity index (χ1v) is 10.9. The normalized spacial score (nSPS) is 41.7. The molecular formula is C24H32N2O2. The molecule has 2 saturated carbocycles. The zero-order valence-corrected chi connectivity index (χ0v) is 17.4. The van der Waals surface area contributed by atoms with Gasteiger partial charge in [-0.15, -0.1) is 0 Å². The molecule has 1 saturated heterocycles. The van der Waals surface area contributed by atoms with Crippen LogP contribution in [-0.4, -0.2) is 35.7 Å². The van der Waals surface area contributed by atoms with Gasteiger partial charge in [-0.05, 0) is 84.3 Å². The van der Waals surface area contributed by atoms with Crippen molar-refractivity contribution in [3.05, 3.63) is 36.2 Å². The molecule has 6 atom stereocenters. The van der Waals surface area contributed by atoms with Crippen molar-refractivity contribution in [1.82, 2.24) is 9.88 Å². The Kier molecular flexibility index (Phi) is 4.12. The standard InChI is InChI=1S/C24H32N2O2/c1-23-11-10-20-17(19(23)8-7-18(23)16-5-4-13-25-15-16)6-9-21-24(20,2)12-14-26(21)22(27)28-3/h4-5,7,13,15,17,19-21H,6,8-12,14H2,1-3H3/t17-,19-,20-,21?,23+,24+/m0/s1. The number of fused-ring (bicyclic) bond motifs is 5. The number of ether oxygens (including phenoxy) is 1. The highest BCUT2D eigenvalue weighted by Crippen LogP contribution is 2.66. The molecular weight excluding hydrogens is 348 g/mol. The van der Waals surface area contributed by atoms with Crippen LogP contribution in [0.3, 0.4) is 0 Å². The Hall–Kier alpha value is -1.84. The fourth-order valence-corrected chi connectivity index (χ4v) is 7.69. The highest BCUT2D eigenvalue weighted by molar-refractivity contribution is 5.72. The molecule has 1 unspecified atom stereocenters. The van der Waals surface area contributed by atoms with Crippen molar-refractivity contribution in [2.75, 3.05) is 13.7 Å². The van der Waals surface area contributed by atoms with E-state index in [1.807, 2.05) is 17.3 Å². The van der Waals surface area contributed by atoms with E-state index in [2.05, 4.69) is 37.0 Å². The molecule has 1 amide bonds. The number of likely N-dealkylation sites (tertiary alicyclic amines) is 1. The molecule has 1 aliphatic heterocycles. The van der Waals surface area contributed by atoms with Crippen LogP contribution in [0.4, 0.5) is 4.79 Å². The van der Waals surface area contributed by atoms with Crippen molar-refractivity contribution in [1.29, 1.82) is 0 Å². The Balaban J connectivity index is 1.42. The smallest absolute Gasteiger partial charge is 0.409 e. The van der Waals surface area contributed by atoms with Crippen molar-refractivity contribution in [2.45, 2.75) is 58.4 Å². The summed E-state index contributed by atoms with van der Waals surface area (Å²) in [6.45, 7) is 5.83. The van der Waals surface area contributed by atoms with Crippen LogP contribution in [0.25, 0.3) is 5.57 Å². The topological polar surface area (TPSA) is 42.4 Å². The Labute approximate surface area is 168 Å². The maximum atomic E-state index is 12.3. The summed E-state index contributed by atoms with van der Waals surface area (Å²) in [6, 6.07) is 4.64. The molecule has 150 valence electrons. The summed E-state index contributed by atoms with van der Waals surface area (Å²) in [5, 5.41) is 0. The van der Waals surface area contributed by atoms with Crippen LogP contribution in [-0.2, 0) is 4.74 Å². The van der Waals surface area contributed by atoms with E-state index in [9.17, 15) is 4.79 Å². The van der Waals surface area contributed by atoms with Gasteiger partial charge in [-0.25, -0.2) is 4.79 Å². The average molecular weight is 381 g/mol. The Morgan fingerprint density at radius 3 is 2.82 bits per heavy atom. The molecule has 0 N–H and O–H groups in total. The summed E-state index contributed by atoms with van der Waals surface area (Å²) in [4.78, 5) is 18.7. The third-order valence-electron chi connectivity index (χ3n) is 9.05. The van der Waals surface area contributed by atoms with E-state index in [-0.39, 0.29) is 16.9 Å². The molecule has 4 aliphatic rings. The molecule has 0 bridgehead atoms. The van der Waals surface area contributed by atoms with Gasteiger partial charge in [0.05, 0.1) is 7.11 Å². The number of pyridine rings is 1. The second-order valence-corrected chi connectivity index (χ2v) is 9.94. The Morgan fingerprint density at radius 1 is 1.21 bits per heavy atom. The molecule has 2 heterocycles. The van der Waals surface area contributed by atoms with Crippen LogP contribution in [0.1, 0.15) is 57.9 Å². The number of methoxy groups -OCH3 is 1. The van der Waals surface area contributed by atoms with E-state index in [4.69, 9.17) is 4.74 Å². The molecule has 28 heavy (non-hydrogen) atoms. The summed E-state index contributed by atoms with van der Waals surface area (Å²) in [7, 11) is 1.51. The number of carbonyl (C=O) groups is 1. The van der Waals surface area contributed by atoms with E-state index < -0.39 is 0 Å².